The van der Waals surface area contributed by atoms with Crippen LogP contribution in [-0.2, 0) is 4.79 Å². The maximum Gasteiger partial charge on any atom is 0.145 e. The summed E-state index contributed by atoms with van der Waals surface area (Å²) in [5.41, 5.74) is 6.41. The minimum atomic E-state index is 0.0972. The van der Waals surface area contributed by atoms with Gasteiger partial charge in [-0.05, 0) is 19.4 Å². The van der Waals surface area contributed by atoms with E-state index in [9.17, 15) is 4.79 Å². The van der Waals surface area contributed by atoms with Crippen LogP contribution in [-0.4, -0.2) is 24.5 Å². The molecule has 0 fully saturated rings. The smallest absolute Gasteiger partial charge is 0.145 e. The predicted molar refractivity (Wildman–Crippen MR) is 50.8 cm³/mol. The largest absolute Gasteiger partial charge is 0.395 e. The van der Waals surface area contributed by atoms with Crippen molar-refractivity contribution in [1.82, 2.24) is 0 Å². The van der Waals surface area contributed by atoms with Gasteiger partial charge in [0.15, 0.2) is 0 Å². The normalized spacial score (nSPS) is 9.83. The molecule has 0 aliphatic rings. The summed E-state index contributed by atoms with van der Waals surface area (Å²) in [5.74, 6) is 0. The minimum Gasteiger partial charge on any atom is -0.395 e. The molecule has 0 saturated carbocycles. The summed E-state index contributed by atoms with van der Waals surface area (Å²) >= 11 is 0. The van der Waals surface area contributed by atoms with E-state index in [1.165, 1.54) is 0 Å². The summed E-state index contributed by atoms with van der Waals surface area (Å²) in [4.78, 5) is 9.93. The third kappa shape index (κ3) is 16.0. The number of hydrogen-bond donors (Lipinski definition) is 2. The van der Waals surface area contributed by atoms with Crippen LogP contribution in [0.25, 0.3) is 0 Å². The van der Waals surface area contributed by atoms with Crippen LogP contribution in [0, 0.1) is 0 Å². The standard InChI is InChI=1S/C7H10O.C2H7NO/c1-6(2)4-7(3)5-8;3-1-2-4/h4-5H,1H2,2-3H3;4H,1-3H2. The van der Waals surface area contributed by atoms with Crippen molar-refractivity contribution in [2.24, 2.45) is 5.73 Å². The zero-order chi connectivity index (χ0) is 9.98. The van der Waals surface area contributed by atoms with Gasteiger partial charge in [-0.3, -0.25) is 4.79 Å². The fraction of sp³-hybridized carbons (Fsp3) is 0.444. The molecule has 0 amide bonds. The van der Waals surface area contributed by atoms with Crippen LogP contribution in [0.5, 0.6) is 0 Å². The highest BCUT2D eigenvalue weighted by atomic mass is 16.3. The maximum atomic E-state index is 9.93. The fourth-order valence-electron chi connectivity index (χ4n) is 0.423. The lowest BCUT2D eigenvalue weighted by atomic mass is 10.2. The topological polar surface area (TPSA) is 63.3 Å². The Morgan fingerprint density at radius 1 is 1.58 bits per heavy atom. The molecule has 0 unspecified atom stereocenters. The number of carbonyl (C=O) groups is 1. The van der Waals surface area contributed by atoms with E-state index < -0.39 is 0 Å². The Morgan fingerprint density at radius 3 is 2.08 bits per heavy atom. The molecule has 0 aliphatic carbocycles. The van der Waals surface area contributed by atoms with Crippen molar-refractivity contribution in [2.45, 2.75) is 13.8 Å². The Bertz CT molecular complexity index is 160. The summed E-state index contributed by atoms with van der Waals surface area (Å²) in [7, 11) is 0. The van der Waals surface area contributed by atoms with Gasteiger partial charge in [-0.15, -0.1) is 0 Å². The van der Waals surface area contributed by atoms with Crippen molar-refractivity contribution >= 4 is 6.29 Å². The molecule has 3 nitrogen and oxygen atoms in total. The zero-order valence-electron chi connectivity index (χ0n) is 7.71. The monoisotopic (exact) mass is 171 g/mol. The number of nitrogens with two attached hydrogens (primary N) is 1. The number of rotatable bonds is 3. The Morgan fingerprint density at radius 2 is 2.00 bits per heavy atom. The summed E-state index contributed by atoms with van der Waals surface area (Å²) in [6.07, 6.45) is 2.56. The molecule has 3 N–H and O–H groups in total. The summed E-state index contributed by atoms with van der Waals surface area (Å²) < 4.78 is 0. The van der Waals surface area contributed by atoms with Gasteiger partial charge in [-0.1, -0.05) is 18.2 Å². The van der Waals surface area contributed by atoms with Crippen molar-refractivity contribution in [3.63, 3.8) is 0 Å². The highest BCUT2D eigenvalue weighted by molar-refractivity contribution is 5.72. The Kier molecular flexibility index (Phi) is 11.5. The average Bonchev–Trinajstić information content (AvgIpc) is 2.04. The first-order valence-corrected chi connectivity index (χ1v) is 3.68. The SMILES string of the molecule is C=C(C)C=C(C)C=O.NCCO. The maximum absolute atomic E-state index is 9.93. The van der Waals surface area contributed by atoms with Crippen LogP contribution in [0.1, 0.15) is 13.8 Å². The van der Waals surface area contributed by atoms with Crippen LogP contribution in [0.3, 0.4) is 0 Å². The van der Waals surface area contributed by atoms with Crippen molar-refractivity contribution in [2.75, 3.05) is 13.2 Å². The first-order chi connectivity index (χ1) is 5.58. The second-order valence-electron chi connectivity index (χ2n) is 2.36. The Hall–Kier alpha value is -0.930. The number of aliphatic hydroxyl groups excluding tert-OH is 1. The third-order valence-electron chi connectivity index (χ3n) is 0.789. The molecule has 3 heteroatoms. The van der Waals surface area contributed by atoms with Gasteiger partial charge < -0.3 is 10.8 Å². The molecule has 0 heterocycles. The van der Waals surface area contributed by atoms with Gasteiger partial charge >= 0.3 is 0 Å². The van der Waals surface area contributed by atoms with Crippen LogP contribution in [0.2, 0.25) is 0 Å². The molecular weight excluding hydrogens is 154 g/mol. The predicted octanol–water partition coefficient (Wildman–Crippen LogP) is 0.645. The van der Waals surface area contributed by atoms with Crippen LogP contribution in [0.15, 0.2) is 23.8 Å². The quantitative estimate of drug-likeness (QED) is 0.372. The first-order valence-electron chi connectivity index (χ1n) is 3.68. The van der Waals surface area contributed by atoms with Crippen LogP contribution in [0.4, 0.5) is 0 Å². The van der Waals surface area contributed by atoms with Gasteiger partial charge in [-0.25, -0.2) is 0 Å². The molecule has 0 spiro atoms. The van der Waals surface area contributed by atoms with Crippen LogP contribution >= 0.6 is 0 Å². The van der Waals surface area contributed by atoms with E-state index in [4.69, 9.17) is 10.8 Å². The van der Waals surface area contributed by atoms with Gasteiger partial charge in [0.1, 0.15) is 6.29 Å². The molecule has 0 aromatic rings. The second kappa shape index (κ2) is 10.1. The van der Waals surface area contributed by atoms with Gasteiger partial charge in [-0.2, -0.15) is 0 Å². The molecule has 12 heavy (non-hydrogen) atoms. The fourth-order valence-corrected chi connectivity index (χ4v) is 0.423. The number of allylic oxidation sites excluding steroid dienone is 3. The van der Waals surface area contributed by atoms with Gasteiger partial charge in [0.2, 0.25) is 0 Å². The molecule has 0 rings (SSSR count). The van der Waals surface area contributed by atoms with E-state index in [1.807, 2.05) is 6.92 Å². The first kappa shape index (κ1) is 13.6. The van der Waals surface area contributed by atoms with Crippen LogP contribution < -0.4 is 5.73 Å². The van der Waals surface area contributed by atoms with Gasteiger partial charge in [0.25, 0.3) is 0 Å². The molecular formula is C9H17NO2. The van der Waals surface area contributed by atoms with E-state index in [0.717, 1.165) is 17.4 Å². The number of hydrogen-bond acceptors (Lipinski definition) is 3. The Labute approximate surface area is 73.6 Å². The Balaban J connectivity index is 0. The lowest BCUT2D eigenvalue weighted by Gasteiger charge is -1.84. The van der Waals surface area contributed by atoms with Gasteiger partial charge in [0, 0.05) is 6.54 Å². The van der Waals surface area contributed by atoms with E-state index in [0.29, 0.717) is 6.54 Å². The summed E-state index contributed by atoms with van der Waals surface area (Å²) in [5, 5.41) is 7.75. The number of aliphatic hydroxyl groups is 1. The van der Waals surface area contributed by atoms with Crippen molar-refractivity contribution in [1.29, 1.82) is 0 Å². The van der Waals surface area contributed by atoms with E-state index in [-0.39, 0.29) is 6.61 Å². The van der Waals surface area contributed by atoms with E-state index in [2.05, 4.69) is 6.58 Å². The highest BCUT2D eigenvalue weighted by Crippen LogP contribution is 1.93. The number of carbonyl (C=O) groups excluding carboxylic acids is 1. The van der Waals surface area contributed by atoms with Crippen molar-refractivity contribution in [3.05, 3.63) is 23.8 Å². The van der Waals surface area contributed by atoms with E-state index >= 15 is 0 Å². The second-order valence-corrected chi connectivity index (χ2v) is 2.36. The summed E-state index contributed by atoms with van der Waals surface area (Å²) in [6.45, 7) is 7.69. The molecule has 0 radical (unpaired) electrons. The van der Waals surface area contributed by atoms with Crippen molar-refractivity contribution < 1.29 is 9.90 Å². The zero-order valence-corrected chi connectivity index (χ0v) is 7.71. The average molecular weight is 171 g/mol. The lowest BCUT2D eigenvalue weighted by Crippen LogP contribution is -2.02. The van der Waals surface area contributed by atoms with Crippen molar-refractivity contribution in [3.8, 4) is 0 Å². The minimum absolute atomic E-state index is 0.0972. The molecule has 70 valence electrons. The number of aldehydes is 1. The third-order valence-corrected chi connectivity index (χ3v) is 0.789. The lowest BCUT2D eigenvalue weighted by molar-refractivity contribution is -0.104. The molecule has 0 saturated heterocycles. The van der Waals surface area contributed by atoms with E-state index in [1.54, 1.807) is 13.0 Å². The molecule has 0 bridgehead atoms. The summed E-state index contributed by atoms with van der Waals surface area (Å²) in [6, 6.07) is 0. The molecule has 0 atom stereocenters. The highest BCUT2D eigenvalue weighted by Gasteiger charge is 1.80. The molecule has 0 aromatic heterocycles. The molecule has 0 aromatic carbocycles. The van der Waals surface area contributed by atoms with Gasteiger partial charge in [0.05, 0.1) is 6.61 Å². The molecule has 0 aliphatic heterocycles.